The zero-order valence-corrected chi connectivity index (χ0v) is 8.89. The van der Waals surface area contributed by atoms with E-state index in [0.29, 0.717) is 6.61 Å². The molecule has 2 heteroatoms. The van der Waals surface area contributed by atoms with E-state index < -0.39 is 0 Å². The van der Waals surface area contributed by atoms with Gasteiger partial charge in [0.1, 0.15) is 0 Å². The molecule has 0 aromatic heterocycles. The molecular formula is C11H18O2. The van der Waals surface area contributed by atoms with Gasteiger partial charge in [0.25, 0.3) is 0 Å². The molecule has 0 aromatic carbocycles. The Morgan fingerprint density at radius 3 is 2.31 bits per heavy atom. The molecule has 0 aliphatic heterocycles. The van der Waals surface area contributed by atoms with Gasteiger partial charge in [-0.1, -0.05) is 23.8 Å². The summed E-state index contributed by atoms with van der Waals surface area (Å²) < 4.78 is 4.92. The third kappa shape index (κ3) is 4.51. The van der Waals surface area contributed by atoms with Crippen molar-refractivity contribution in [3.05, 3.63) is 23.8 Å². The highest BCUT2D eigenvalue weighted by Gasteiger charge is 2.17. The van der Waals surface area contributed by atoms with Crippen LogP contribution < -0.4 is 0 Å². The molecule has 0 radical (unpaired) electrons. The third-order valence-electron chi connectivity index (χ3n) is 1.57. The van der Waals surface area contributed by atoms with E-state index in [0.717, 1.165) is 11.1 Å². The minimum Gasteiger partial charge on any atom is -0.465 e. The molecule has 1 atom stereocenters. The number of carbonyl (C=O) groups excluding carboxylic acids is 1. The second kappa shape index (κ2) is 5.57. The van der Waals surface area contributed by atoms with E-state index in [-0.39, 0.29) is 11.9 Å². The lowest BCUT2D eigenvalue weighted by molar-refractivity contribution is -0.145. The molecule has 0 rings (SSSR count). The molecule has 0 spiro atoms. The number of allylic oxidation sites excluding steroid dienone is 1. The smallest absolute Gasteiger partial charge is 0.316 e. The molecule has 0 N–H and O–H groups in total. The first-order valence-corrected chi connectivity index (χ1v) is 4.46. The molecule has 0 saturated carbocycles. The van der Waals surface area contributed by atoms with Gasteiger partial charge >= 0.3 is 5.97 Å². The van der Waals surface area contributed by atoms with E-state index in [1.807, 2.05) is 26.8 Å². The van der Waals surface area contributed by atoms with Crippen LogP contribution in [-0.4, -0.2) is 12.6 Å². The van der Waals surface area contributed by atoms with Gasteiger partial charge < -0.3 is 4.74 Å². The fraction of sp³-hybridized carbons (Fsp3) is 0.545. The Labute approximate surface area is 80.3 Å². The summed E-state index contributed by atoms with van der Waals surface area (Å²) >= 11 is 0. The number of hydrogen-bond acceptors (Lipinski definition) is 2. The fourth-order valence-corrected chi connectivity index (χ4v) is 0.977. The van der Waals surface area contributed by atoms with Crippen molar-refractivity contribution in [1.29, 1.82) is 0 Å². The highest BCUT2D eigenvalue weighted by molar-refractivity contribution is 5.77. The van der Waals surface area contributed by atoms with E-state index in [4.69, 9.17) is 4.74 Å². The van der Waals surface area contributed by atoms with Crippen LogP contribution in [0.4, 0.5) is 0 Å². The summed E-state index contributed by atoms with van der Waals surface area (Å²) in [5.41, 5.74) is 1.92. The summed E-state index contributed by atoms with van der Waals surface area (Å²) in [6, 6.07) is 0. The lowest BCUT2D eigenvalue weighted by atomic mass is 10.00. The van der Waals surface area contributed by atoms with Crippen molar-refractivity contribution >= 4 is 5.97 Å². The molecule has 0 fully saturated rings. The van der Waals surface area contributed by atoms with Gasteiger partial charge in [0.05, 0.1) is 12.5 Å². The second-order valence-electron chi connectivity index (χ2n) is 3.32. The average molecular weight is 182 g/mol. The van der Waals surface area contributed by atoms with Gasteiger partial charge in [-0.25, -0.2) is 0 Å². The van der Waals surface area contributed by atoms with E-state index in [1.165, 1.54) is 0 Å². The first-order chi connectivity index (χ1) is 5.99. The number of rotatable bonds is 4. The Morgan fingerprint density at radius 2 is 2.00 bits per heavy atom. The molecule has 0 amide bonds. The first kappa shape index (κ1) is 11.9. The summed E-state index contributed by atoms with van der Waals surface area (Å²) in [6.45, 7) is 11.7. The molecule has 0 bridgehead atoms. The summed E-state index contributed by atoms with van der Waals surface area (Å²) in [7, 11) is 0. The SMILES string of the molecule is C=C(C)C(C=C(C)C)C(=O)OCC. The summed E-state index contributed by atoms with van der Waals surface area (Å²) in [6.07, 6.45) is 1.88. The van der Waals surface area contributed by atoms with Crippen molar-refractivity contribution in [3.63, 3.8) is 0 Å². The molecule has 1 unspecified atom stereocenters. The Bertz CT molecular complexity index is 222. The van der Waals surface area contributed by atoms with Crippen LogP contribution in [0.3, 0.4) is 0 Å². The van der Waals surface area contributed by atoms with Gasteiger partial charge in [-0.2, -0.15) is 0 Å². The minimum atomic E-state index is -0.287. The maximum atomic E-state index is 11.4. The highest BCUT2D eigenvalue weighted by Crippen LogP contribution is 2.14. The van der Waals surface area contributed by atoms with Gasteiger partial charge in [0.2, 0.25) is 0 Å². The predicted octanol–water partition coefficient (Wildman–Crippen LogP) is 2.71. The topological polar surface area (TPSA) is 26.3 Å². The maximum Gasteiger partial charge on any atom is 0.316 e. The molecule has 0 aliphatic rings. The normalized spacial score (nSPS) is 11.7. The Hall–Kier alpha value is -1.05. The standard InChI is InChI=1S/C11H18O2/c1-6-13-11(12)10(9(4)5)7-8(2)3/h7,10H,4,6H2,1-3,5H3. The van der Waals surface area contributed by atoms with E-state index in [1.54, 1.807) is 6.92 Å². The maximum absolute atomic E-state index is 11.4. The first-order valence-electron chi connectivity index (χ1n) is 4.46. The summed E-state index contributed by atoms with van der Waals surface area (Å²) in [5.74, 6) is -0.499. The Kier molecular flexibility index (Phi) is 5.12. The fourth-order valence-electron chi connectivity index (χ4n) is 0.977. The van der Waals surface area contributed by atoms with E-state index in [9.17, 15) is 4.79 Å². The van der Waals surface area contributed by atoms with Crippen molar-refractivity contribution in [2.24, 2.45) is 5.92 Å². The minimum absolute atomic E-state index is 0.212. The summed E-state index contributed by atoms with van der Waals surface area (Å²) in [4.78, 5) is 11.4. The second-order valence-corrected chi connectivity index (χ2v) is 3.32. The predicted molar refractivity (Wildman–Crippen MR) is 54.4 cm³/mol. The Morgan fingerprint density at radius 1 is 1.46 bits per heavy atom. The number of ether oxygens (including phenoxy) is 1. The van der Waals surface area contributed by atoms with Gasteiger partial charge in [0, 0.05) is 0 Å². The lowest BCUT2D eigenvalue weighted by Crippen LogP contribution is -2.16. The van der Waals surface area contributed by atoms with E-state index in [2.05, 4.69) is 6.58 Å². The van der Waals surface area contributed by atoms with Gasteiger partial charge in [-0.3, -0.25) is 4.79 Å². The molecule has 0 saturated heterocycles. The van der Waals surface area contributed by atoms with Crippen LogP contribution in [0.2, 0.25) is 0 Å². The Balaban J connectivity index is 4.52. The van der Waals surface area contributed by atoms with Crippen molar-refractivity contribution in [2.75, 3.05) is 6.61 Å². The van der Waals surface area contributed by atoms with Crippen LogP contribution in [0.25, 0.3) is 0 Å². The number of hydrogen-bond donors (Lipinski definition) is 0. The van der Waals surface area contributed by atoms with Crippen LogP contribution >= 0.6 is 0 Å². The zero-order valence-electron chi connectivity index (χ0n) is 8.89. The highest BCUT2D eigenvalue weighted by atomic mass is 16.5. The van der Waals surface area contributed by atoms with Crippen LogP contribution in [0.15, 0.2) is 23.8 Å². The lowest BCUT2D eigenvalue weighted by Gasteiger charge is -2.11. The van der Waals surface area contributed by atoms with Crippen molar-refractivity contribution in [2.45, 2.75) is 27.7 Å². The quantitative estimate of drug-likeness (QED) is 0.493. The molecule has 74 valence electrons. The monoisotopic (exact) mass is 182 g/mol. The van der Waals surface area contributed by atoms with Crippen LogP contribution in [-0.2, 0) is 9.53 Å². The summed E-state index contributed by atoms with van der Waals surface area (Å²) in [5, 5.41) is 0. The molecule has 2 nitrogen and oxygen atoms in total. The molecule has 0 aliphatic carbocycles. The van der Waals surface area contributed by atoms with Crippen molar-refractivity contribution in [1.82, 2.24) is 0 Å². The molecule has 0 aromatic rings. The van der Waals surface area contributed by atoms with Gasteiger partial charge in [-0.05, 0) is 27.7 Å². The van der Waals surface area contributed by atoms with Crippen LogP contribution in [0.1, 0.15) is 27.7 Å². The largest absolute Gasteiger partial charge is 0.465 e. The zero-order chi connectivity index (χ0) is 10.4. The molecule has 0 heterocycles. The number of esters is 1. The van der Waals surface area contributed by atoms with Gasteiger partial charge in [0.15, 0.2) is 0 Å². The molecule has 13 heavy (non-hydrogen) atoms. The van der Waals surface area contributed by atoms with Crippen molar-refractivity contribution in [3.8, 4) is 0 Å². The van der Waals surface area contributed by atoms with E-state index >= 15 is 0 Å². The van der Waals surface area contributed by atoms with Gasteiger partial charge in [-0.15, -0.1) is 0 Å². The van der Waals surface area contributed by atoms with Crippen LogP contribution in [0.5, 0.6) is 0 Å². The average Bonchev–Trinajstić information content (AvgIpc) is 1.99. The number of carbonyl (C=O) groups is 1. The van der Waals surface area contributed by atoms with Crippen molar-refractivity contribution < 1.29 is 9.53 Å². The van der Waals surface area contributed by atoms with Crippen LogP contribution in [0, 0.1) is 5.92 Å². The molecular weight excluding hydrogens is 164 g/mol. The third-order valence-corrected chi connectivity index (χ3v) is 1.57.